The summed E-state index contributed by atoms with van der Waals surface area (Å²) in [6.07, 6.45) is 2.94. The first-order chi connectivity index (χ1) is 28.2. The fourth-order valence-corrected chi connectivity index (χ4v) is 8.22. The molecule has 0 aliphatic rings. The van der Waals surface area contributed by atoms with Crippen LogP contribution in [0.25, 0.3) is 77.0 Å². The SMILES string of the molecule is N/C(=N\C(=C/Cc1ccc2ccccc2c1)c1ccc(-c2ccc(-c3ccc(-n4c5ccccc5c5ccccc54)cc3)cc2)c2ccccc12)c1ccccc1. The van der Waals surface area contributed by atoms with Crippen LogP contribution in [-0.2, 0) is 6.42 Å². The Labute approximate surface area is 332 Å². The molecule has 0 atom stereocenters. The van der Waals surface area contributed by atoms with E-state index in [-0.39, 0.29) is 0 Å². The van der Waals surface area contributed by atoms with Crippen LogP contribution >= 0.6 is 0 Å². The summed E-state index contributed by atoms with van der Waals surface area (Å²) < 4.78 is 2.36. The maximum Gasteiger partial charge on any atom is 0.131 e. The average Bonchev–Trinajstić information content (AvgIpc) is 3.62. The predicted molar refractivity (Wildman–Crippen MR) is 242 cm³/mol. The van der Waals surface area contributed by atoms with Crippen molar-refractivity contribution in [2.45, 2.75) is 6.42 Å². The van der Waals surface area contributed by atoms with E-state index in [0.29, 0.717) is 5.84 Å². The topological polar surface area (TPSA) is 43.3 Å². The molecule has 1 heterocycles. The van der Waals surface area contributed by atoms with Crippen molar-refractivity contribution in [1.29, 1.82) is 0 Å². The summed E-state index contributed by atoms with van der Waals surface area (Å²) in [5, 5.41) is 7.31. The van der Waals surface area contributed by atoms with Crippen molar-refractivity contribution in [2.24, 2.45) is 10.7 Å². The molecule has 9 aromatic carbocycles. The highest BCUT2D eigenvalue weighted by Gasteiger charge is 2.14. The number of aromatic nitrogens is 1. The highest BCUT2D eigenvalue weighted by atomic mass is 15.0. The molecule has 0 radical (unpaired) electrons. The number of nitrogens with two attached hydrogens (primary N) is 1. The third-order valence-corrected chi connectivity index (χ3v) is 11.1. The van der Waals surface area contributed by atoms with Crippen molar-refractivity contribution in [3.05, 3.63) is 229 Å². The van der Waals surface area contributed by atoms with Gasteiger partial charge in [0.05, 0.1) is 16.7 Å². The summed E-state index contributed by atoms with van der Waals surface area (Å²) in [5.41, 5.74) is 19.0. The Morgan fingerprint density at radius 2 is 1.04 bits per heavy atom. The molecule has 3 heteroatoms. The fourth-order valence-electron chi connectivity index (χ4n) is 8.22. The summed E-state index contributed by atoms with van der Waals surface area (Å²) in [4.78, 5) is 5.10. The van der Waals surface area contributed by atoms with E-state index in [1.807, 2.05) is 30.3 Å². The molecule has 3 nitrogen and oxygen atoms in total. The Kier molecular flexibility index (Phi) is 8.74. The summed E-state index contributed by atoms with van der Waals surface area (Å²) in [6, 6.07) is 73.3. The van der Waals surface area contributed by atoms with Crippen LogP contribution in [0.5, 0.6) is 0 Å². The molecule has 2 N–H and O–H groups in total. The van der Waals surface area contributed by atoms with Gasteiger partial charge in [-0.2, -0.15) is 0 Å². The Bertz CT molecular complexity index is 3080. The van der Waals surface area contributed by atoms with Crippen molar-refractivity contribution >= 4 is 54.9 Å². The number of benzene rings is 9. The zero-order valence-corrected chi connectivity index (χ0v) is 31.4. The van der Waals surface area contributed by atoms with Crippen molar-refractivity contribution < 1.29 is 0 Å². The number of amidine groups is 1. The van der Waals surface area contributed by atoms with E-state index in [0.717, 1.165) is 39.9 Å². The minimum atomic E-state index is 0.493. The molecule has 0 fully saturated rings. The van der Waals surface area contributed by atoms with Gasteiger partial charge in [-0.25, -0.2) is 4.99 Å². The summed E-state index contributed by atoms with van der Waals surface area (Å²) in [7, 11) is 0. The summed E-state index contributed by atoms with van der Waals surface area (Å²) in [5.74, 6) is 0.493. The fraction of sp³-hybridized carbons (Fsp3) is 0.0185. The van der Waals surface area contributed by atoms with Gasteiger partial charge in [0.1, 0.15) is 5.84 Å². The number of hydrogen-bond donors (Lipinski definition) is 1. The van der Waals surface area contributed by atoms with Crippen LogP contribution in [-0.4, -0.2) is 10.4 Å². The van der Waals surface area contributed by atoms with E-state index < -0.39 is 0 Å². The summed E-state index contributed by atoms with van der Waals surface area (Å²) in [6.45, 7) is 0. The van der Waals surface area contributed by atoms with Crippen LogP contribution in [0.3, 0.4) is 0 Å². The van der Waals surface area contributed by atoms with Crippen molar-refractivity contribution in [1.82, 2.24) is 4.57 Å². The van der Waals surface area contributed by atoms with Gasteiger partial charge < -0.3 is 10.3 Å². The van der Waals surface area contributed by atoms with E-state index in [9.17, 15) is 0 Å². The van der Waals surface area contributed by atoms with Crippen LogP contribution in [0, 0.1) is 0 Å². The lowest BCUT2D eigenvalue weighted by Gasteiger charge is -2.14. The van der Waals surface area contributed by atoms with Gasteiger partial charge in [-0.05, 0) is 80.0 Å². The molecule has 0 saturated carbocycles. The van der Waals surface area contributed by atoms with Gasteiger partial charge in [-0.15, -0.1) is 0 Å². The molecule has 0 amide bonds. The second kappa shape index (κ2) is 14.6. The lowest BCUT2D eigenvalue weighted by molar-refractivity contribution is 1.18. The van der Waals surface area contributed by atoms with Crippen molar-refractivity contribution in [2.75, 3.05) is 0 Å². The van der Waals surface area contributed by atoms with Crippen LogP contribution < -0.4 is 5.73 Å². The Morgan fingerprint density at radius 3 is 1.74 bits per heavy atom. The van der Waals surface area contributed by atoms with E-state index in [2.05, 4.69) is 187 Å². The van der Waals surface area contributed by atoms with Gasteiger partial charge >= 0.3 is 0 Å². The molecule has 0 unspecified atom stereocenters. The lowest BCUT2D eigenvalue weighted by atomic mass is 9.92. The van der Waals surface area contributed by atoms with Crippen molar-refractivity contribution in [3.63, 3.8) is 0 Å². The van der Waals surface area contributed by atoms with Gasteiger partial charge in [-0.1, -0.05) is 188 Å². The molecule has 0 aliphatic heterocycles. The Balaban J connectivity index is 0.989. The second-order valence-corrected chi connectivity index (χ2v) is 14.5. The van der Waals surface area contributed by atoms with Crippen LogP contribution in [0.2, 0.25) is 0 Å². The van der Waals surface area contributed by atoms with Gasteiger partial charge in [0, 0.05) is 27.6 Å². The van der Waals surface area contributed by atoms with Crippen LogP contribution in [0.15, 0.2) is 217 Å². The first-order valence-corrected chi connectivity index (χ1v) is 19.5. The molecule has 0 spiro atoms. The molecule has 57 heavy (non-hydrogen) atoms. The number of rotatable bonds is 8. The molecule has 1 aromatic heterocycles. The monoisotopic (exact) mass is 729 g/mol. The zero-order chi connectivity index (χ0) is 38.1. The third kappa shape index (κ3) is 6.45. The third-order valence-electron chi connectivity index (χ3n) is 11.1. The van der Waals surface area contributed by atoms with Crippen molar-refractivity contribution in [3.8, 4) is 27.9 Å². The Morgan fingerprint density at radius 1 is 0.474 bits per heavy atom. The lowest BCUT2D eigenvalue weighted by Crippen LogP contribution is -2.13. The van der Waals surface area contributed by atoms with E-state index in [1.165, 1.54) is 60.2 Å². The normalized spacial score (nSPS) is 12.2. The zero-order valence-electron chi connectivity index (χ0n) is 31.4. The van der Waals surface area contributed by atoms with Gasteiger partial charge in [0.2, 0.25) is 0 Å². The molecule has 0 aliphatic carbocycles. The molecular weight excluding hydrogens is 691 g/mol. The molecule has 0 saturated heterocycles. The van der Waals surface area contributed by atoms with Gasteiger partial charge in [0.25, 0.3) is 0 Å². The van der Waals surface area contributed by atoms with Crippen LogP contribution in [0.4, 0.5) is 0 Å². The van der Waals surface area contributed by atoms with E-state index in [1.54, 1.807) is 0 Å². The smallest absolute Gasteiger partial charge is 0.131 e. The van der Waals surface area contributed by atoms with E-state index >= 15 is 0 Å². The second-order valence-electron chi connectivity index (χ2n) is 14.5. The Hall–Kier alpha value is -7.49. The minimum absolute atomic E-state index is 0.493. The highest BCUT2D eigenvalue weighted by molar-refractivity contribution is 6.09. The maximum atomic E-state index is 6.69. The number of para-hydroxylation sites is 2. The molecule has 10 aromatic rings. The maximum absolute atomic E-state index is 6.69. The number of allylic oxidation sites excluding steroid dienone is 1. The quantitative estimate of drug-likeness (QED) is 0.123. The first kappa shape index (κ1) is 34.0. The molecular formula is C54H39N3. The van der Waals surface area contributed by atoms with Gasteiger partial charge in [0.15, 0.2) is 0 Å². The average molecular weight is 730 g/mol. The van der Waals surface area contributed by atoms with E-state index in [4.69, 9.17) is 10.7 Å². The van der Waals surface area contributed by atoms with Gasteiger partial charge in [-0.3, -0.25) is 0 Å². The first-order valence-electron chi connectivity index (χ1n) is 19.5. The number of aliphatic imine (C=N–C) groups is 1. The largest absolute Gasteiger partial charge is 0.383 e. The standard InChI is InChI=1S/C54H39N3/c55-54(42-13-2-1-3-14-42)56-51(35-23-37-22-24-38-12-4-5-15-43(38)36-37)48-34-33-45(46-16-6-7-17-47(46)48)41-27-25-39(26-28-41)40-29-31-44(32-30-40)57-52-20-10-8-18-49(52)50-19-9-11-21-53(50)57/h1-22,24-36H,23H2,(H2,55,56)/b51-35-. The van der Waals surface area contributed by atoms with Crippen LogP contribution in [0.1, 0.15) is 16.7 Å². The number of fused-ring (bicyclic) bond motifs is 5. The number of nitrogens with zero attached hydrogens (tertiary/aromatic N) is 2. The highest BCUT2D eigenvalue weighted by Crippen LogP contribution is 2.37. The molecule has 270 valence electrons. The molecule has 10 rings (SSSR count). The minimum Gasteiger partial charge on any atom is -0.383 e. The molecule has 0 bridgehead atoms. The summed E-state index contributed by atoms with van der Waals surface area (Å²) >= 11 is 0. The predicted octanol–water partition coefficient (Wildman–Crippen LogP) is 13.4. The number of hydrogen-bond acceptors (Lipinski definition) is 1.